The SMILES string of the molecule is C[C@@H]1CN([C@@H](C)CO)C(=O)c2cc(NS(=O)(=O)c3ccc(Cl)cc3)ccc2O[C@@H]1CN(C)C(=O)Nc1ccc(F)cc1. The van der Waals surface area contributed by atoms with E-state index in [1.54, 1.807) is 14.0 Å². The second-order valence-electron chi connectivity index (χ2n) is 10.2. The molecule has 0 saturated carbocycles. The number of nitrogens with zero attached hydrogens (tertiary/aromatic N) is 2. The molecule has 3 atom stereocenters. The Kier molecular flexibility index (Phi) is 9.60. The smallest absolute Gasteiger partial charge is 0.321 e. The van der Waals surface area contributed by atoms with E-state index in [9.17, 15) is 27.5 Å². The number of aliphatic hydroxyl groups is 1. The zero-order valence-corrected chi connectivity index (χ0v) is 24.8. The van der Waals surface area contributed by atoms with Crippen LogP contribution < -0.4 is 14.8 Å². The lowest BCUT2D eigenvalue weighted by Crippen LogP contribution is -2.50. The summed E-state index contributed by atoms with van der Waals surface area (Å²) < 4.78 is 47.9. The lowest BCUT2D eigenvalue weighted by atomic mass is 9.99. The maximum absolute atomic E-state index is 13.7. The summed E-state index contributed by atoms with van der Waals surface area (Å²) in [6, 6.07) is 14.4. The van der Waals surface area contributed by atoms with E-state index in [-0.39, 0.29) is 47.5 Å². The number of aliphatic hydroxyl groups excluding tert-OH is 1. The fraction of sp³-hybridized carbons (Fsp3) is 0.310. The number of rotatable bonds is 8. The molecule has 3 N–H and O–H groups in total. The van der Waals surface area contributed by atoms with Crippen molar-refractivity contribution in [3.8, 4) is 5.75 Å². The van der Waals surface area contributed by atoms with Crippen LogP contribution in [0.1, 0.15) is 24.2 Å². The van der Waals surface area contributed by atoms with E-state index < -0.39 is 39.9 Å². The molecule has 1 heterocycles. The van der Waals surface area contributed by atoms with Gasteiger partial charge in [0, 0.05) is 35.9 Å². The van der Waals surface area contributed by atoms with Gasteiger partial charge in [-0.3, -0.25) is 9.52 Å². The number of fused-ring (bicyclic) bond motifs is 1. The molecule has 0 unspecified atom stereocenters. The Morgan fingerprint density at radius 2 is 1.79 bits per heavy atom. The molecule has 224 valence electrons. The van der Waals surface area contributed by atoms with Crippen molar-refractivity contribution in [1.29, 1.82) is 0 Å². The number of amides is 3. The summed E-state index contributed by atoms with van der Waals surface area (Å²) in [6.07, 6.45) is -0.578. The van der Waals surface area contributed by atoms with Crippen LogP contribution in [0.25, 0.3) is 0 Å². The Balaban J connectivity index is 1.61. The molecule has 3 amide bonds. The van der Waals surface area contributed by atoms with E-state index in [4.69, 9.17) is 16.3 Å². The van der Waals surface area contributed by atoms with Crippen molar-refractivity contribution in [2.75, 3.05) is 36.8 Å². The Hall–Kier alpha value is -3.87. The van der Waals surface area contributed by atoms with Gasteiger partial charge in [0.25, 0.3) is 15.9 Å². The second-order valence-corrected chi connectivity index (χ2v) is 12.3. The maximum Gasteiger partial charge on any atom is 0.321 e. The number of carbonyl (C=O) groups is 2. The third-order valence-electron chi connectivity index (χ3n) is 6.94. The highest BCUT2D eigenvalue weighted by molar-refractivity contribution is 7.92. The molecule has 0 bridgehead atoms. The van der Waals surface area contributed by atoms with Crippen LogP contribution in [0.2, 0.25) is 5.02 Å². The summed E-state index contributed by atoms with van der Waals surface area (Å²) in [7, 11) is -2.40. The highest BCUT2D eigenvalue weighted by Gasteiger charge is 2.34. The van der Waals surface area contributed by atoms with Crippen LogP contribution in [-0.4, -0.2) is 74.2 Å². The molecule has 4 rings (SSSR count). The summed E-state index contributed by atoms with van der Waals surface area (Å²) in [4.78, 5) is 29.4. The van der Waals surface area contributed by atoms with E-state index in [2.05, 4.69) is 10.0 Å². The number of urea groups is 1. The van der Waals surface area contributed by atoms with E-state index in [0.717, 1.165) is 0 Å². The number of carbonyl (C=O) groups excluding carboxylic acids is 2. The quantitative estimate of drug-likeness (QED) is 0.337. The van der Waals surface area contributed by atoms with E-state index >= 15 is 0 Å². The number of hydrogen-bond acceptors (Lipinski definition) is 6. The van der Waals surface area contributed by atoms with E-state index in [0.29, 0.717) is 10.7 Å². The molecule has 13 heteroatoms. The van der Waals surface area contributed by atoms with Gasteiger partial charge in [-0.25, -0.2) is 17.6 Å². The lowest BCUT2D eigenvalue weighted by molar-refractivity contribution is 0.0371. The fourth-order valence-electron chi connectivity index (χ4n) is 4.44. The first-order valence-electron chi connectivity index (χ1n) is 13.2. The molecule has 0 aliphatic carbocycles. The van der Waals surface area contributed by atoms with Gasteiger partial charge in [-0.1, -0.05) is 18.5 Å². The zero-order chi connectivity index (χ0) is 30.6. The topological polar surface area (TPSA) is 128 Å². The van der Waals surface area contributed by atoms with Crippen LogP contribution >= 0.6 is 11.6 Å². The van der Waals surface area contributed by atoms with Crippen molar-refractivity contribution in [2.45, 2.75) is 30.9 Å². The maximum atomic E-state index is 13.7. The Labute approximate surface area is 249 Å². The molecule has 3 aromatic carbocycles. The third kappa shape index (κ3) is 7.30. The van der Waals surface area contributed by atoms with Crippen LogP contribution in [-0.2, 0) is 10.0 Å². The standard InChI is InChI=1S/C29H32ClFN4O6S/c1-18-15-35(19(2)17-36)28(37)25-14-23(33-42(39,40)24-11-4-20(30)5-12-24)10-13-26(25)41-27(18)16-34(3)29(38)32-22-8-6-21(31)7-9-22/h4-14,18-19,27,33,36H,15-17H2,1-3H3,(H,32,38)/t18-,19+,27-/m1/s1. The summed E-state index contributed by atoms with van der Waals surface area (Å²) in [5.74, 6) is -0.922. The molecule has 0 aromatic heterocycles. The molecular weight excluding hydrogens is 587 g/mol. The van der Waals surface area contributed by atoms with Gasteiger partial charge >= 0.3 is 6.03 Å². The van der Waals surface area contributed by atoms with Crippen LogP contribution in [0.5, 0.6) is 5.75 Å². The second kappa shape index (κ2) is 13.0. The van der Waals surface area contributed by atoms with Gasteiger partial charge in [-0.05, 0) is 73.7 Å². The molecule has 1 aliphatic rings. The number of benzene rings is 3. The number of likely N-dealkylation sites (N-methyl/N-ethyl adjacent to an activating group) is 1. The monoisotopic (exact) mass is 618 g/mol. The average molecular weight is 619 g/mol. The molecule has 0 saturated heterocycles. The minimum Gasteiger partial charge on any atom is -0.487 e. The number of sulfonamides is 1. The van der Waals surface area contributed by atoms with Crippen molar-refractivity contribution in [1.82, 2.24) is 9.80 Å². The van der Waals surface area contributed by atoms with Crippen molar-refractivity contribution in [3.63, 3.8) is 0 Å². The largest absolute Gasteiger partial charge is 0.487 e. The Morgan fingerprint density at radius 3 is 2.43 bits per heavy atom. The van der Waals surface area contributed by atoms with Crippen LogP contribution in [0.15, 0.2) is 71.6 Å². The minimum absolute atomic E-state index is 0.00686. The molecule has 10 nitrogen and oxygen atoms in total. The molecule has 3 aromatic rings. The predicted molar refractivity (Wildman–Crippen MR) is 158 cm³/mol. The fourth-order valence-corrected chi connectivity index (χ4v) is 5.61. The number of halogens is 2. The highest BCUT2D eigenvalue weighted by atomic mass is 35.5. The number of ether oxygens (including phenoxy) is 1. The highest BCUT2D eigenvalue weighted by Crippen LogP contribution is 2.31. The number of nitrogens with one attached hydrogen (secondary N) is 2. The van der Waals surface area contributed by atoms with Crippen molar-refractivity contribution in [2.24, 2.45) is 5.92 Å². The molecule has 0 radical (unpaired) electrons. The first kappa shape index (κ1) is 31.1. The van der Waals surface area contributed by atoms with Crippen molar-refractivity contribution >= 4 is 44.9 Å². The van der Waals surface area contributed by atoms with Crippen LogP contribution in [0, 0.1) is 11.7 Å². The third-order valence-corrected chi connectivity index (χ3v) is 8.59. The minimum atomic E-state index is -3.98. The van der Waals surface area contributed by atoms with Gasteiger partial charge in [-0.15, -0.1) is 0 Å². The summed E-state index contributed by atoms with van der Waals surface area (Å²) in [6.45, 7) is 3.63. The summed E-state index contributed by atoms with van der Waals surface area (Å²) in [5.41, 5.74) is 0.660. The van der Waals surface area contributed by atoms with Crippen molar-refractivity contribution < 1.29 is 32.2 Å². The lowest BCUT2D eigenvalue weighted by Gasteiger charge is -2.38. The van der Waals surface area contributed by atoms with Crippen molar-refractivity contribution in [3.05, 3.63) is 83.1 Å². The number of anilines is 2. The molecule has 0 spiro atoms. The first-order chi connectivity index (χ1) is 19.9. The Morgan fingerprint density at radius 1 is 1.14 bits per heavy atom. The van der Waals surface area contributed by atoms with Gasteiger partial charge < -0.3 is 25.0 Å². The van der Waals surface area contributed by atoms with Gasteiger partial charge in [0.2, 0.25) is 0 Å². The number of hydrogen-bond donors (Lipinski definition) is 3. The first-order valence-corrected chi connectivity index (χ1v) is 15.0. The average Bonchev–Trinajstić information content (AvgIpc) is 2.96. The van der Waals surface area contributed by atoms with Crippen LogP contribution in [0.4, 0.5) is 20.6 Å². The summed E-state index contributed by atoms with van der Waals surface area (Å²) >= 11 is 5.88. The van der Waals surface area contributed by atoms with Gasteiger partial charge in [0.1, 0.15) is 17.7 Å². The van der Waals surface area contributed by atoms with Crippen LogP contribution in [0.3, 0.4) is 0 Å². The normalized spacial score (nSPS) is 17.8. The van der Waals surface area contributed by atoms with E-state index in [1.165, 1.54) is 76.5 Å². The predicted octanol–water partition coefficient (Wildman–Crippen LogP) is 4.66. The molecule has 1 aliphatic heterocycles. The molecule has 42 heavy (non-hydrogen) atoms. The Bertz CT molecular complexity index is 1540. The molecular formula is C29H32ClFN4O6S. The van der Waals surface area contributed by atoms with E-state index in [1.807, 2.05) is 6.92 Å². The van der Waals surface area contributed by atoms with Gasteiger partial charge in [-0.2, -0.15) is 0 Å². The van der Waals surface area contributed by atoms with Gasteiger partial charge in [0.05, 0.1) is 29.7 Å². The van der Waals surface area contributed by atoms with Gasteiger partial charge in [0.15, 0.2) is 0 Å². The zero-order valence-electron chi connectivity index (χ0n) is 23.3. The molecule has 0 fully saturated rings. The summed E-state index contributed by atoms with van der Waals surface area (Å²) in [5, 5.41) is 13.0.